The highest BCUT2D eigenvalue weighted by Crippen LogP contribution is 2.25. The van der Waals surface area contributed by atoms with Crippen molar-refractivity contribution in [3.05, 3.63) is 65.2 Å². The summed E-state index contributed by atoms with van der Waals surface area (Å²) in [5, 5.41) is 3.05. The fourth-order valence-electron chi connectivity index (χ4n) is 3.15. The molecule has 0 aliphatic carbocycles. The van der Waals surface area contributed by atoms with E-state index in [0.717, 1.165) is 16.9 Å². The molecule has 25 heavy (non-hydrogen) atoms. The van der Waals surface area contributed by atoms with Crippen molar-refractivity contribution >= 4 is 5.91 Å². The number of aryl methyl sites for hydroxylation is 1. The monoisotopic (exact) mass is 339 g/mol. The molecule has 2 unspecified atom stereocenters. The highest BCUT2D eigenvalue weighted by molar-refractivity contribution is 5.80. The highest BCUT2D eigenvalue weighted by atomic mass is 16.5. The molecule has 0 aromatic heterocycles. The van der Waals surface area contributed by atoms with Gasteiger partial charge in [0.05, 0.1) is 18.6 Å². The van der Waals surface area contributed by atoms with Crippen LogP contribution < -0.4 is 20.9 Å². The van der Waals surface area contributed by atoms with E-state index in [4.69, 9.17) is 4.74 Å². The second-order valence-electron chi connectivity index (χ2n) is 6.32. The molecular formula is C20H25N3O2. The summed E-state index contributed by atoms with van der Waals surface area (Å²) < 4.78 is 5.51. The lowest BCUT2D eigenvalue weighted by molar-refractivity contribution is -0.125. The summed E-state index contributed by atoms with van der Waals surface area (Å²) in [5.41, 5.74) is 9.69. The average molecular weight is 339 g/mol. The Morgan fingerprint density at radius 1 is 1.24 bits per heavy atom. The molecule has 1 saturated heterocycles. The Balaban J connectivity index is 1.63. The molecule has 0 saturated carbocycles. The Morgan fingerprint density at radius 2 is 2.08 bits per heavy atom. The van der Waals surface area contributed by atoms with Crippen LogP contribution in [0, 0.1) is 12.8 Å². The van der Waals surface area contributed by atoms with E-state index in [-0.39, 0.29) is 17.9 Å². The van der Waals surface area contributed by atoms with Gasteiger partial charge in [0.2, 0.25) is 5.91 Å². The van der Waals surface area contributed by atoms with Crippen molar-refractivity contribution in [1.82, 2.24) is 16.2 Å². The third kappa shape index (κ3) is 4.38. The van der Waals surface area contributed by atoms with Crippen molar-refractivity contribution in [2.75, 3.05) is 13.2 Å². The fourth-order valence-corrected chi connectivity index (χ4v) is 3.15. The van der Waals surface area contributed by atoms with Gasteiger partial charge in [-0.2, -0.15) is 0 Å². The van der Waals surface area contributed by atoms with Crippen LogP contribution in [0.4, 0.5) is 0 Å². The van der Waals surface area contributed by atoms with Gasteiger partial charge < -0.3 is 10.1 Å². The number of ether oxygens (including phenoxy) is 1. The number of hydrogen-bond acceptors (Lipinski definition) is 4. The van der Waals surface area contributed by atoms with Gasteiger partial charge in [-0.05, 0) is 37.1 Å². The van der Waals surface area contributed by atoms with E-state index in [0.29, 0.717) is 19.7 Å². The number of nitrogens with one attached hydrogen (secondary N) is 3. The Bertz CT molecular complexity index is 732. The Hall–Kier alpha value is -2.37. The van der Waals surface area contributed by atoms with Crippen molar-refractivity contribution in [2.24, 2.45) is 5.92 Å². The van der Waals surface area contributed by atoms with Crippen LogP contribution in [0.1, 0.15) is 29.7 Å². The number of rotatable bonds is 6. The van der Waals surface area contributed by atoms with Crippen LogP contribution in [-0.4, -0.2) is 19.1 Å². The summed E-state index contributed by atoms with van der Waals surface area (Å²) in [4.78, 5) is 12.7. The van der Waals surface area contributed by atoms with Gasteiger partial charge in [-0.25, -0.2) is 5.43 Å². The van der Waals surface area contributed by atoms with Crippen LogP contribution >= 0.6 is 0 Å². The number of carbonyl (C=O) groups is 1. The molecule has 2 aromatic carbocycles. The number of hydrogen-bond donors (Lipinski definition) is 3. The zero-order valence-electron chi connectivity index (χ0n) is 14.7. The first-order valence-corrected chi connectivity index (χ1v) is 8.72. The molecule has 5 nitrogen and oxygen atoms in total. The highest BCUT2D eigenvalue weighted by Gasteiger charge is 2.33. The molecule has 0 radical (unpaired) electrons. The lowest BCUT2D eigenvalue weighted by Gasteiger charge is -2.19. The smallest absolute Gasteiger partial charge is 0.226 e. The van der Waals surface area contributed by atoms with Gasteiger partial charge in [-0.3, -0.25) is 10.2 Å². The Labute approximate surface area is 148 Å². The van der Waals surface area contributed by atoms with Gasteiger partial charge in [0.1, 0.15) is 5.75 Å². The molecule has 2 aromatic rings. The van der Waals surface area contributed by atoms with Crippen LogP contribution in [0.2, 0.25) is 0 Å². The van der Waals surface area contributed by atoms with Gasteiger partial charge in [-0.15, -0.1) is 0 Å². The first kappa shape index (κ1) is 17.5. The van der Waals surface area contributed by atoms with Crippen LogP contribution in [0.25, 0.3) is 0 Å². The first-order valence-electron chi connectivity index (χ1n) is 8.72. The van der Waals surface area contributed by atoms with Crippen molar-refractivity contribution in [1.29, 1.82) is 0 Å². The van der Waals surface area contributed by atoms with E-state index >= 15 is 0 Å². The molecule has 0 spiro atoms. The summed E-state index contributed by atoms with van der Waals surface area (Å²) >= 11 is 0. The maximum absolute atomic E-state index is 12.7. The summed E-state index contributed by atoms with van der Waals surface area (Å²) in [6.45, 7) is 5.76. The molecule has 1 aliphatic rings. The molecule has 1 heterocycles. The van der Waals surface area contributed by atoms with E-state index in [1.807, 2.05) is 37.3 Å². The maximum atomic E-state index is 12.7. The molecule has 1 amide bonds. The summed E-state index contributed by atoms with van der Waals surface area (Å²) in [6.07, 6.45) is 0. The fraction of sp³-hybridized carbons (Fsp3) is 0.350. The zero-order chi connectivity index (χ0) is 17.6. The van der Waals surface area contributed by atoms with E-state index in [1.54, 1.807) is 0 Å². The van der Waals surface area contributed by atoms with Gasteiger partial charge in [0.25, 0.3) is 0 Å². The normalized spacial score (nSPS) is 19.6. The summed E-state index contributed by atoms with van der Waals surface area (Å²) in [7, 11) is 0. The van der Waals surface area contributed by atoms with E-state index < -0.39 is 0 Å². The second kappa shape index (κ2) is 8.14. The minimum Gasteiger partial charge on any atom is -0.494 e. The first-order chi connectivity index (χ1) is 12.2. The van der Waals surface area contributed by atoms with Gasteiger partial charge in [0, 0.05) is 13.1 Å². The predicted octanol–water partition coefficient (Wildman–Crippen LogP) is 2.48. The Kier molecular flexibility index (Phi) is 5.68. The van der Waals surface area contributed by atoms with E-state index in [2.05, 4.69) is 41.3 Å². The molecule has 132 valence electrons. The Morgan fingerprint density at radius 3 is 2.88 bits per heavy atom. The minimum atomic E-state index is -0.142. The van der Waals surface area contributed by atoms with Crippen LogP contribution in [-0.2, 0) is 11.3 Å². The molecule has 3 N–H and O–H groups in total. The predicted molar refractivity (Wildman–Crippen MR) is 98.0 cm³/mol. The minimum absolute atomic E-state index is 0.0188. The maximum Gasteiger partial charge on any atom is 0.226 e. The average Bonchev–Trinajstić information content (AvgIpc) is 3.10. The van der Waals surface area contributed by atoms with Gasteiger partial charge >= 0.3 is 0 Å². The summed E-state index contributed by atoms with van der Waals surface area (Å²) in [5.74, 6) is 0.735. The topological polar surface area (TPSA) is 62.4 Å². The number of benzene rings is 2. The number of carbonyl (C=O) groups excluding carboxylic acids is 1. The lowest BCUT2D eigenvalue weighted by atomic mass is 9.93. The number of hydrazine groups is 1. The third-order valence-electron chi connectivity index (χ3n) is 4.40. The third-order valence-corrected chi connectivity index (χ3v) is 4.40. The van der Waals surface area contributed by atoms with E-state index in [9.17, 15) is 4.79 Å². The largest absolute Gasteiger partial charge is 0.494 e. The van der Waals surface area contributed by atoms with Crippen LogP contribution in [0.5, 0.6) is 5.75 Å². The number of amides is 1. The SMILES string of the molecule is CCOc1cccc(CNC(=O)C2CNNC2c2cccc(C)c2)c1. The van der Waals surface area contributed by atoms with Crippen molar-refractivity contribution < 1.29 is 9.53 Å². The molecular weight excluding hydrogens is 314 g/mol. The molecule has 0 bridgehead atoms. The lowest BCUT2D eigenvalue weighted by Crippen LogP contribution is -2.34. The van der Waals surface area contributed by atoms with Crippen molar-refractivity contribution in [3.8, 4) is 5.75 Å². The van der Waals surface area contributed by atoms with Crippen molar-refractivity contribution in [3.63, 3.8) is 0 Å². The van der Waals surface area contributed by atoms with Crippen LogP contribution in [0.15, 0.2) is 48.5 Å². The van der Waals surface area contributed by atoms with E-state index in [1.165, 1.54) is 5.56 Å². The molecule has 1 aliphatic heterocycles. The molecule has 5 heteroatoms. The van der Waals surface area contributed by atoms with Gasteiger partial charge in [0.15, 0.2) is 0 Å². The molecule has 3 rings (SSSR count). The van der Waals surface area contributed by atoms with Crippen LogP contribution in [0.3, 0.4) is 0 Å². The van der Waals surface area contributed by atoms with Crippen molar-refractivity contribution in [2.45, 2.75) is 26.4 Å². The molecule has 1 fully saturated rings. The second-order valence-corrected chi connectivity index (χ2v) is 6.32. The molecule has 2 atom stereocenters. The zero-order valence-corrected chi connectivity index (χ0v) is 14.7. The quantitative estimate of drug-likeness (QED) is 0.757. The standard InChI is InChI=1S/C20H25N3O2/c1-3-25-17-9-5-7-15(11-17)12-21-20(24)18-13-22-23-19(18)16-8-4-6-14(2)10-16/h4-11,18-19,22-23H,3,12-13H2,1-2H3,(H,21,24). The summed E-state index contributed by atoms with van der Waals surface area (Å²) in [6, 6.07) is 16.1. The van der Waals surface area contributed by atoms with Gasteiger partial charge in [-0.1, -0.05) is 42.0 Å².